The van der Waals surface area contributed by atoms with Gasteiger partial charge >= 0.3 is 0 Å². The normalized spacial score (nSPS) is 21.7. The van der Waals surface area contributed by atoms with Crippen LogP contribution in [0.1, 0.15) is 13.3 Å². The van der Waals surface area contributed by atoms with Gasteiger partial charge in [0.05, 0.1) is 23.8 Å². The molecule has 0 saturated carbocycles. The van der Waals surface area contributed by atoms with Crippen molar-refractivity contribution in [1.82, 2.24) is 9.62 Å². The Bertz CT molecular complexity index is 748. The lowest BCUT2D eigenvalue weighted by Crippen LogP contribution is -2.38. The zero-order valence-corrected chi connectivity index (χ0v) is 16.5. The van der Waals surface area contributed by atoms with Gasteiger partial charge in [0.2, 0.25) is 15.9 Å². The van der Waals surface area contributed by atoms with Crippen molar-refractivity contribution in [3.05, 3.63) is 18.2 Å². The summed E-state index contributed by atoms with van der Waals surface area (Å²) in [4.78, 5) is 15.3. The lowest BCUT2D eigenvalue weighted by atomic mass is 10.2. The summed E-state index contributed by atoms with van der Waals surface area (Å²) in [7, 11) is -3.59. The first-order valence-corrected chi connectivity index (χ1v) is 11.3. The fourth-order valence-electron chi connectivity index (χ4n) is 2.86. The van der Waals surface area contributed by atoms with E-state index in [2.05, 4.69) is 14.9 Å². The van der Waals surface area contributed by atoms with Crippen molar-refractivity contribution in [2.45, 2.75) is 23.1 Å². The molecule has 0 spiro atoms. The summed E-state index contributed by atoms with van der Waals surface area (Å²) in [6, 6.07) is 4.90. The highest BCUT2D eigenvalue weighted by Crippen LogP contribution is 2.34. The summed E-state index contributed by atoms with van der Waals surface area (Å²) < 4.78 is 33.0. The Kier molecular flexibility index (Phi) is 6.57. The van der Waals surface area contributed by atoms with Crippen LogP contribution in [0, 0.1) is 5.92 Å². The van der Waals surface area contributed by atoms with E-state index >= 15 is 0 Å². The van der Waals surface area contributed by atoms with Crippen molar-refractivity contribution in [3.8, 4) is 0 Å². The highest BCUT2D eigenvalue weighted by Gasteiger charge is 2.22. The van der Waals surface area contributed by atoms with Crippen molar-refractivity contribution in [1.29, 1.82) is 0 Å². The molecule has 144 valence electrons. The molecule has 2 aliphatic rings. The van der Waals surface area contributed by atoms with Crippen molar-refractivity contribution < 1.29 is 17.9 Å². The minimum absolute atomic E-state index is 0.0794. The summed E-state index contributed by atoms with van der Waals surface area (Å²) in [6.07, 6.45) is 0.744. The molecule has 1 fully saturated rings. The van der Waals surface area contributed by atoms with Gasteiger partial charge in [-0.05, 0) is 31.2 Å². The average molecular weight is 400 g/mol. The number of amides is 1. The Morgan fingerprint density at radius 2 is 2.12 bits per heavy atom. The molecule has 1 aromatic rings. The van der Waals surface area contributed by atoms with E-state index in [1.165, 1.54) is 0 Å². The number of rotatable bonds is 6. The van der Waals surface area contributed by atoms with Crippen molar-refractivity contribution in [2.24, 2.45) is 5.92 Å². The van der Waals surface area contributed by atoms with Crippen LogP contribution < -0.4 is 10.0 Å². The zero-order chi connectivity index (χ0) is 18.6. The van der Waals surface area contributed by atoms with Gasteiger partial charge < -0.3 is 10.1 Å². The number of morpholine rings is 1. The first-order valence-electron chi connectivity index (χ1n) is 8.83. The van der Waals surface area contributed by atoms with Gasteiger partial charge in [0.1, 0.15) is 0 Å². The summed E-state index contributed by atoms with van der Waals surface area (Å²) in [5.41, 5.74) is 0.570. The van der Waals surface area contributed by atoms with Crippen LogP contribution in [0.25, 0.3) is 0 Å². The van der Waals surface area contributed by atoms with Crippen LogP contribution in [-0.4, -0.2) is 64.4 Å². The maximum absolute atomic E-state index is 12.5. The van der Waals surface area contributed by atoms with E-state index < -0.39 is 10.0 Å². The smallest absolute Gasteiger partial charge is 0.240 e. The topological polar surface area (TPSA) is 87.7 Å². The number of hydrogen-bond acceptors (Lipinski definition) is 6. The van der Waals surface area contributed by atoms with Crippen molar-refractivity contribution in [3.63, 3.8) is 0 Å². The molecular weight excluding hydrogens is 374 g/mol. The number of anilines is 1. The summed E-state index contributed by atoms with van der Waals surface area (Å²) in [6.45, 7) is 6.37. The number of fused-ring (bicyclic) bond motifs is 1. The molecule has 0 aromatic heterocycles. The molecule has 1 saturated heterocycles. The molecular formula is C17H25N3O4S2. The monoisotopic (exact) mass is 399 g/mol. The fourth-order valence-corrected chi connectivity index (χ4v) is 4.97. The largest absolute Gasteiger partial charge is 0.379 e. The number of benzene rings is 1. The average Bonchev–Trinajstić information content (AvgIpc) is 2.78. The Morgan fingerprint density at radius 3 is 2.88 bits per heavy atom. The molecule has 9 heteroatoms. The van der Waals surface area contributed by atoms with Crippen LogP contribution in [0.2, 0.25) is 0 Å². The molecule has 2 aliphatic heterocycles. The second-order valence-corrected chi connectivity index (χ2v) is 9.39. The fraction of sp³-hybridized carbons (Fsp3) is 0.588. The highest BCUT2D eigenvalue weighted by atomic mass is 32.2. The van der Waals surface area contributed by atoms with Gasteiger partial charge in [-0.25, -0.2) is 13.1 Å². The minimum Gasteiger partial charge on any atom is -0.379 e. The molecule has 0 bridgehead atoms. The lowest BCUT2D eigenvalue weighted by Gasteiger charge is -2.26. The van der Waals surface area contributed by atoms with Gasteiger partial charge in [-0.2, -0.15) is 0 Å². The van der Waals surface area contributed by atoms with E-state index in [1.807, 2.05) is 6.92 Å². The highest BCUT2D eigenvalue weighted by molar-refractivity contribution is 7.99. The second-order valence-electron chi connectivity index (χ2n) is 6.56. The number of hydrogen-bond donors (Lipinski definition) is 2. The standard InChI is InChI=1S/C17H25N3O4S2/c1-13-12-25-16-4-3-14(11-15(16)19-17(13)21)26(22,23)18-5-2-6-20-7-9-24-10-8-20/h3-4,11,13,18H,2,5-10,12H2,1H3,(H,19,21). The third-order valence-corrected chi connectivity index (χ3v) is 7.29. The van der Waals surface area contributed by atoms with Gasteiger partial charge in [0, 0.05) is 36.2 Å². The first kappa shape index (κ1) is 19.6. The van der Waals surface area contributed by atoms with E-state index in [0.29, 0.717) is 18.0 Å². The predicted molar refractivity (Wildman–Crippen MR) is 102 cm³/mol. The van der Waals surface area contributed by atoms with E-state index in [9.17, 15) is 13.2 Å². The number of sulfonamides is 1. The number of carbonyl (C=O) groups is 1. The van der Waals surface area contributed by atoms with Gasteiger partial charge in [-0.15, -0.1) is 11.8 Å². The number of ether oxygens (including phenoxy) is 1. The van der Waals surface area contributed by atoms with E-state index in [1.54, 1.807) is 30.0 Å². The quantitative estimate of drug-likeness (QED) is 0.703. The van der Waals surface area contributed by atoms with E-state index in [4.69, 9.17) is 4.74 Å². The first-order chi connectivity index (χ1) is 12.5. The number of nitrogens with zero attached hydrogens (tertiary/aromatic N) is 1. The molecule has 1 unspecified atom stereocenters. The third kappa shape index (κ3) is 4.98. The van der Waals surface area contributed by atoms with Crippen molar-refractivity contribution >= 4 is 33.4 Å². The molecule has 7 nitrogen and oxygen atoms in total. The van der Waals surface area contributed by atoms with Gasteiger partial charge in [-0.1, -0.05) is 6.92 Å². The molecule has 0 aliphatic carbocycles. The molecule has 1 aromatic carbocycles. The van der Waals surface area contributed by atoms with E-state index in [0.717, 1.165) is 44.2 Å². The zero-order valence-electron chi connectivity index (χ0n) is 14.9. The maximum atomic E-state index is 12.5. The van der Waals surface area contributed by atoms with Crippen LogP contribution in [0.3, 0.4) is 0 Å². The van der Waals surface area contributed by atoms with Crippen LogP contribution in [0.5, 0.6) is 0 Å². The Hall–Kier alpha value is -1.13. The lowest BCUT2D eigenvalue weighted by molar-refractivity contribution is -0.118. The van der Waals surface area contributed by atoms with Crippen molar-refractivity contribution in [2.75, 3.05) is 50.5 Å². The van der Waals surface area contributed by atoms with Gasteiger partial charge in [0.15, 0.2) is 0 Å². The molecule has 1 amide bonds. The molecule has 1 atom stereocenters. The summed E-state index contributed by atoms with van der Waals surface area (Å²) >= 11 is 1.56. The van der Waals surface area contributed by atoms with Crippen LogP contribution in [0.4, 0.5) is 5.69 Å². The number of carbonyl (C=O) groups excluding carboxylic acids is 1. The minimum atomic E-state index is -3.59. The van der Waals surface area contributed by atoms with Crippen LogP contribution in [-0.2, 0) is 19.6 Å². The Balaban J connectivity index is 1.58. The predicted octanol–water partition coefficient (Wildman–Crippen LogP) is 1.37. The molecule has 3 rings (SSSR count). The molecule has 0 radical (unpaired) electrons. The summed E-state index contributed by atoms with van der Waals surface area (Å²) in [5, 5.41) is 2.82. The van der Waals surface area contributed by atoms with Crippen LogP contribution in [0.15, 0.2) is 28.0 Å². The van der Waals surface area contributed by atoms with E-state index in [-0.39, 0.29) is 16.7 Å². The third-order valence-electron chi connectivity index (χ3n) is 4.50. The SMILES string of the molecule is CC1CSc2ccc(S(=O)(=O)NCCCN3CCOCC3)cc2NC1=O. The number of nitrogens with one attached hydrogen (secondary N) is 2. The second kappa shape index (κ2) is 8.71. The summed E-state index contributed by atoms with van der Waals surface area (Å²) in [5.74, 6) is 0.500. The van der Waals surface area contributed by atoms with Crippen LogP contribution >= 0.6 is 11.8 Å². The molecule has 2 N–H and O–H groups in total. The number of thioether (sulfide) groups is 1. The van der Waals surface area contributed by atoms with Gasteiger partial charge in [0.25, 0.3) is 0 Å². The maximum Gasteiger partial charge on any atom is 0.240 e. The Labute approximate surface area is 158 Å². The van der Waals surface area contributed by atoms with Gasteiger partial charge in [-0.3, -0.25) is 9.69 Å². The molecule has 2 heterocycles. The Morgan fingerprint density at radius 1 is 1.35 bits per heavy atom. The molecule has 26 heavy (non-hydrogen) atoms.